The van der Waals surface area contributed by atoms with Crippen molar-refractivity contribution >= 4 is 11.6 Å². The fourth-order valence-electron chi connectivity index (χ4n) is 2.79. The van der Waals surface area contributed by atoms with Crippen LogP contribution in [0.5, 0.6) is 0 Å². The van der Waals surface area contributed by atoms with Crippen LogP contribution in [0, 0.1) is 5.92 Å². The molecule has 1 aliphatic carbocycles. The van der Waals surface area contributed by atoms with Gasteiger partial charge in [-0.05, 0) is 31.6 Å². The minimum absolute atomic E-state index is 0.271. The maximum atomic E-state index is 6.44. The van der Waals surface area contributed by atoms with Gasteiger partial charge in [0, 0.05) is 25.1 Å². The lowest BCUT2D eigenvalue weighted by Crippen LogP contribution is -2.40. The summed E-state index contributed by atoms with van der Waals surface area (Å²) in [5.41, 5.74) is 0. The van der Waals surface area contributed by atoms with Crippen LogP contribution in [0.4, 0.5) is 0 Å². The van der Waals surface area contributed by atoms with Gasteiger partial charge in [0.15, 0.2) is 0 Å². The van der Waals surface area contributed by atoms with Crippen LogP contribution in [-0.4, -0.2) is 31.2 Å². The van der Waals surface area contributed by atoms with Gasteiger partial charge < -0.3 is 10.1 Å². The van der Waals surface area contributed by atoms with E-state index in [1.54, 1.807) is 0 Å². The SMILES string of the molecule is CCC(CC)C(Cl)CNC1CCCC(OC)C1. The van der Waals surface area contributed by atoms with Gasteiger partial charge in [0.25, 0.3) is 0 Å². The minimum atomic E-state index is 0.271. The molecule has 0 radical (unpaired) electrons. The van der Waals surface area contributed by atoms with Crippen LogP contribution in [-0.2, 0) is 4.74 Å². The van der Waals surface area contributed by atoms with Gasteiger partial charge in [0.2, 0.25) is 0 Å². The zero-order chi connectivity index (χ0) is 12.7. The minimum Gasteiger partial charge on any atom is -0.381 e. The molecule has 0 aromatic heterocycles. The molecule has 2 nitrogen and oxygen atoms in total. The van der Waals surface area contributed by atoms with E-state index in [2.05, 4.69) is 19.2 Å². The molecule has 0 bridgehead atoms. The highest BCUT2D eigenvalue weighted by molar-refractivity contribution is 6.21. The summed E-state index contributed by atoms with van der Waals surface area (Å²) >= 11 is 6.44. The van der Waals surface area contributed by atoms with E-state index in [4.69, 9.17) is 16.3 Å². The van der Waals surface area contributed by atoms with Crippen LogP contribution < -0.4 is 5.32 Å². The Kier molecular flexibility index (Phi) is 7.49. The highest BCUT2D eigenvalue weighted by Crippen LogP contribution is 2.22. The first-order valence-corrected chi connectivity index (χ1v) is 7.55. The summed E-state index contributed by atoms with van der Waals surface area (Å²) < 4.78 is 5.44. The van der Waals surface area contributed by atoms with Gasteiger partial charge in [-0.3, -0.25) is 0 Å². The van der Waals surface area contributed by atoms with Crippen molar-refractivity contribution in [2.45, 2.75) is 69.9 Å². The highest BCUT2D eigenvalue weighted by atomic mass is 35.5. The second-order valence-electron chi connectivity index (χ2n) is 5.22. The van der Waals surface area contributed by atoms with Crippen molar-refractivity contribution in [1.82, 2.24) is 5.32 Å². The monoisotopic (exact) mass is 261 g/mol. The van der Waals surface area contributed by atoms with Crippen LogP contribution in [0.1, 0.15) is 52.4 Å². The molecule has 1 saturated carbocycles. The third-order valence-corrected chi connectivity index (χ3v) is 4.63. The number of hydrogen-bond donors (Lipinski definition) is 1. The Morgan fingerprint density at radius 1 is 1.29 bits per heavy atom. The fraction of sp³-hybridized carbons (Fsp3) is 1.00. The molecule has 1 N–H and O–H groups in total. The van der Waals surface area contributed by atoms with Crippen LogP contribution in [0.15, 0.2) is 0 Å². The highest BCUT2D eigenvalue weighted by Gasteiger charge is 2.23. The van der Waals surface area contributed by atoms with Crippen molar-refractivity contribution in [3.63, 3.8) is 0 Å². The first-order valence-electron chi connectivity index (χ1n) is 7.11. The molecule has 0 saturated heterocycles. The van der Waals surface area contributed by atoms with Crippen LogP contribution >= 0.6 is 11.6 Å². The largest absolute Gasteiger partial charge is 0.381 e. The van der Waals surface area contributed by atoms with E-state index in [0.29, 0.717) is 18.1 Å². The molecule has 1 rings (SSSR count). The van der Waals surface area contributed by atoms with E-state index in [9.17, 15) is 0 Å². The lowest BCUT2D eigenvalue weighted by atomic mass is 9.92. The van der Waals surface area contributed by atoms with Gasteiger partial charge in [-0.2, -0.15) is 0 Å². The van der Waals surface area contributed by atoms with Gasteiger partial charge in [-0.25, -0.2) is 0 Å². The number of ether oxygens (including phenoxy) is 1. The first kappa shape index (κ1) is 15.3. The van der Waals surface area contributed by atoms with Crippen molar-refractivity contribution < 1.29 is 4.74 Å². The van der Waals surface area contributed by atoms with E-state index in [1.165, 1.54) is 32.1 Å². The quantitative estimate of drug-likeness (QED) is 0.708. The summed E-state index contributed by atoms with van der Waals surface area (Å²) in [7, 11) is 1.82. The number of alkyl halides is 1. The molecule has 102 valence electrons. The summed E-state index contributed by atoms with van der Waals surface area (Å²) in [5.74, 6) is 0.644. The Bertz CT molecular complexity index is 197. The fourth-order valence-corrected chi connectivity index (χ4v) is 3.24. The van der Waals surface area contributed by atoms with Crippen LogP contribution in [0.25, 0.3) is 0 Å². The maximum Gasteiger partial charge on any atom is 0.0586 e. The number of hydrogen-bond acceptors (Lipinski definition) is 2. The molecule has 0 aliphatic heterocycles. The standard InChI is InChI=1S/C14H28ClNO/c1-4-11(5-2)14(15)10-16-12-7-6-8-13(9-12)17-3/h11-14,16H,4-10H2,1-3H3. The van der Waals surface area contributed by atoms with Crippen molar-refractivity contribution in [3.05, 3.63) is 0 Å². The zero-order valence-electron chi connectivity index (χ0n) is 11.5. The lowest BCUT2D eigenvalue weighted by Gasteiger charge is -2.30. The smallest absolute Gasteiger partial charge is 0.0586 e. The molecule has 1 aliphatic rings. The molecular formula is C14H28ClNO. The molecule has 0 heterocycles. The Hall–Kier alpha value is 0.210. The second-order valence-corrected chi connectivity index (χ2v) is 5.78. The summed E-state index contributed by atoms with van der Waals surface area (Å²) in [6.07, 6.45) is 7.70. The van der Waals surface area contributed by atoms with Crippen molar-refractivity contribution in [2.75, 3.05) is 13.7 Å². The summed E-state index contributed by atoms with van der Waals surface area (Å²) in [5, 5.41) is 3.89. The molecular weight excluding hydrogens is 234 g/mol. The average Bonchev–Trinajstić information content (AvgIpc) is 2.38. The molecule has 1 fully saturated rings. The Balaban J connectivity index is 2.25. The van der Waals surface area contributed by atoms with Gasteiger partial charge in [-0.1, -0.05) is 26.7 Å². The zero-order valence-corrected chi connectivity index (χ0v) is 12.3. The Morgan fingerprint density at radius 2 is 2.00 bits per heavy atom. The molecule has 0 spiro atoms. The third-order valence-electron chi connectivity index (χ3n) is 4.12. The molecule has 0 amide bonds. The second kappa shape index (κ2) is 8.34. The van der Waals surface area contributed by atoms with E-state index >= 15 is 0 Å². The summed E-state index contributed by atoms with van der Waals surface area (Å²) in [6.45, 7) is 5.39. The number of nitrogens with one attached hydrogen (secondary N) is 1. The summed E-state index contributed by atoms with van der Waals surface area (Å²) in [6, 6.07) is 0.601. The van der Waals surface area contributed by atoms with Crippen LogP contribution in [0.2, 0.25) is 0 Å². The molecule has 0 aromatic carbocycles. The predicted molar refractivity (Wildman–Crippen MR) is 74.8 cm³/mol. The van der Waals surface area contributed by atoms with Gasteiger partial charge in [0.1, 0.15) is 0 Å². The van der Waals surface area contributed by atoms with Crippen molar-refractivity contribution in [2.24, 2.45) is 5.92 Å². The van der Waals surface area contributed by atoms with Gasteiger partial charge in [-0.15, -0.1) is 11.6 Å². The topological polar surface area (TPSA) is 21.3 Å². The normalized spacial score (nSPS) is 27.4. The van der Waals surface area contributed by atoms with Crippen molar-refractivity contribution in [3.8, 4) is 0 Å². The van der Waals surface area contributed by atoms with Gasteiger partial charge >= 0.3 is 0 Å². The lowest BCUT2D eigenvalue weighted by molar-refractivity contribution is 0.0587. The number of methoxy groups -OCH3 is 1. The van der Waals surface area contributed by atoms with E-state index < -0.39 is 0 Å². The Labute approximate surface area is 111 Å². The third kappa shape index (κ3) is 5.15. The number of halogens is 1. The predicted octanol–water partition coefficient (Wildman–Crippen LogP) is 3.58. The van der Waals surface area contributed by atoms with Gasteiger partial charge in [0.05, 0.1) is 6.10 Å². The molecule has 3 atom stereocenters. The first-order chi connectivity index (χ1) is 8.21. The van der Waals surface area contributed by atoms with Crippen molar-refractivity contribution in [1.29, 1.82) is 0 Å². The van der Waals surface area contributed by atoms with E-state index in [0.717, 1.165) is 13.0 Å². The molecule has 17 heavy (non-hydrogen) atoms. The molecule has 3 unspecified atom stereocenters. The average molecular weight is 262 g/mol. The Morgan fingerprint density at radius 3 is 2.59 bits per heavy atom. The maximum absolute atomic E-state index is 6.44. The molecule has 3 heteroatoms. The molecule has 0 aromatic rings. The summed E-state index contributed by atoms with van der Waals surface area (Å²) in [4.78, 5) is 0. The van der Waals surface area contributed by atoms with Crippen LogP contribution in [0.3, 0.4) is 0 Å². The van der Waals surface area contributed by atoms with E-state index in [-0.39, 0.29) is 5.38 Å². The van der Waals surface area contributed by atoms with E-state index in [1.807, 2.05) is 7.11 Å². The number of rotatable bonds is 7.